The number of nitrogens with one attached hydrogen (secondary N) is 8. The molecule has 99 heavy (non-hydrogen) atoms. The van der Waals surface area contributed by atoms with Crippen LogP contribution in [0.3, 0.4) is 0 Å². The van der Waals surface area contributed by atoms with E-state index in [0.29, 0.717) is 102 Å². The van der Waals surface area contributed by atoms with Gasteiger partial charge in [0.25, 0.3) is 0 Å². The Balaban J connectivity index is 0.528. The van der Waals surface area contributed by atoms with Gasteiger partial charge in [-0.3, -0.25) is 38.5 Å². The highest BCUT2D eigenvalue weighted by Crippen LogP contribution is 2.40. The lowest BCUT2D eigenvalue weighted by Gasteiger charge is -2.48. The summed E-state index contributed by atoms with van der Waals surface area (Å²) in [6.07, 6.45) is 14.5. The maximum atomic E-state index is 15.8. The summed E-state index contributed by atoms with van der Waals surface area (Å²) >= 11 is 0. The van der Waals surface area contributed by atoms with Gasteiger partial charge in [-0.05, 0) is 151 Å². The Morgan fingerprint density at radius 2 is 1.52 bits per heavy atom. The van der Waals surface area contributed by atoms with Crippen LogP contribution in [-0.2, 0) is 56.0 Å². The SMILES string of the molecule is CN[C@@H](C)C(=O)N[C@H](C(=O)N1C[C@@H](NC(=O)CCC(=O)NCCOCCN2C[C@H]3CC(OCC(=O)NCCCNc4cc(N5CCC6(CC5)CN(c5cc(F)c(CN7CCC(C)(C)CC7)cc5F)CC(=O)N6)ncn4)C[C@H]3C2)C[C@H]1C(=O)NC1CCCc2ccccc21)C1CCCCC1. The molecule has 8 N–H and O–H groups in total. The van der Waals surface area contributed by atoms with Crippen molar-refractivity contribution in [1.29, 1.82) is 0 Å². The van der Waals surface area contributed by atoms with Crippen molar-refractivity contribution in [2.45, 2.75) is 185 Å². The number of likely N-dealkylation sites (N-methyl/N-ethyl adjacent to an activating group) is 1. The van der Waals surface area contributed by atoms with Crippen molar-refractivity contribution in [3.05, 3.63) is 77.1 Å². The number of ether oxygens (including phenoxy) is 2. The van der Waals surface area contributed by atoms with Gasteiger partial charge in [0.05, 0.1) is 49.2 Å². The van der Waals surface area contributed by atoms with Crippen molar-refractivity contribution in [1.82, 2.24) is 61.9 Å². The topological polar surface area (TPSA) is 276 Å². The third kappa shape index (κ3) is 19.7. The Morgan fingerprint density at radius 3 is 2.28 bits per heavy atom. The minimum absolute atomic E-state index is 0.0103. The molecule has 2 aromatic carbocycles. The van der Waals surface area contributed by atoms with Crippen LogP contribution >= 0.6 is 0 Å². The number of benzene rings is 2. The highest BCUT2D eigenvalue weighted by Gasteiger charge is 2.47. The summed E-state index contributed by atoms with van der Waals surface area (Å²) in [5.41, 5.74) is 2.39. The Kier molecular flexibility index (Phi) is 25.1. The van der Waals surface area contributed by atoms with Crippen LogP contribution in [-0.4, -0.2) is 214 Å². The zero-order valence-corrected chi connectivity index (χ0v) is 58.6. The van der Waals surface area contributed by atoms with E-state index in [4.69, 9.17) is 9.47 Å². The van der Waals surface area contributed by atoms with Gasteiger partial charge in [0.2, 0.25) is 41.4 Å². The minimum atomic E-state index is -0.861. The summed E-state index contributed by atoms with van der Waals surface area (Å²) in [5, 5.41) is 24.6. The predicted octanol–water partition coefficient (Wildman–Crippen LogP) is 4.86. The van der Waals surface area contributed by atoms with E-state index in [1.54, 1.807) is 23.8 Å². The van der Waals surface area contributed by atoms with E-state index in [0.717, 1.165) is 121 Å². The van der Waals surface area contributed by atoms with Crippen LogP contribution in [0.2, 0.25) is 0 Å². The molecule has 1 spiro atoms. The standard InChI is InChI=1S/C73H107F2N15O9/c1-48(76-4)69(95)84-68(50-13-6-5-7-14-50)71(97)90-43-54(37-61(90)70(96)83-59-17-10-15-49-12-8-9-16-56(49)59)82-65(92)19-18-64(91)79-26-32-98-33-31-87-40-51-34-55(35-52(51)41-87)99-45-67(94)78-25-11-24-77-62-39-63(81-47-80-62)88-29-22-73(23-30-88)46-89(44-66(93)85-73)60-38-57(74)53(36-58(60)75)42-86-27-20-72(2,3)21-28-86/h8-9,12,16,36,38-39,47-48,50-52,54-55,59,61,68,76H,5-7,10-11,13-15,17-35,37,40-46H2,1-4H3,(H,78,94)(H,79,91)(H,82,92)(H,83,96)(H,84,95)(H,85,93)(H,77,80,81)/t48-,51-,52+,54-,55?,59?,61-,68-/m0/s1. The van der Waals surface area contributed by atoms with Gasteiger partial charge in [0, 0.05) is 109 Å². The van der Waals surface area contributed by atoms with Gasteiger partial charge >= 0.3 is 0 Å². The number of amides is 7. The van der Waals surface area contributed by atoms with Crippen LogP contribution in [0.5, 0.6) is 0 Å². The van der Waals surface area contributed by atoms with Crippen LogP contribution in [0.1, 0.15) is 153 Å². The van der Waals surface area contributed by atoms with Gasteiger partial charge in [-0.1, -0.05) is 57.4 Å². The molecule has 2 unspecified atom stereocenters. The second-order valence-electron chi connectivity index (χ2n) is 30.1. The number of hydrogen-bond acceptors (Lipinski definition) is 17. The fourth-order valence-corrected chi connectivity index (χ4v) is 16.4. The zero-order valence-electron chi connectivity index (χ0n) is 58.6. The largest absolute Gasteiger partial charge is 0.378 e. The lowest BCUT2D eigenvalue weighted by molar-refractivity contribution is -0.143. The van der Waals surface area contributed by atoms with Gasteiger partial charge in [-0.2, -0.15) is 0 Å². The molecule has 5 aliphatic heterocycles. The number of carbonyl (C=O) groups is 7. The fraction of sp³-hybridized carbons (Fsp3) is 0.685. The number of piperazine rings is 1. The molecule has 24 nitrogen and oxygen atoms in total. The zero-order chi connectivity index (χ0) is 69.6. The number of aromatic nitrogens is 2. The molecule has 2 saturated carbocycles. The summed E-state index contributed by atoms with van der Waals surface area (Å²) in [5.74, 6) is -0.535. The number of fused-ring (bicyclic) bond motifs is 2. The van der Waals surface area contributed by atoms with Crippen molar-refractivity contribution in [2.75, 3.05) is 127 Å². The first-order valence-electron chi connectivity index (χ1n) is 36.7. The summed E-state index contributed by atoms with van der Waals surface area (Å²) in [4.78, 5) is 114. The molecule has 0 radical (unpaired) electrons. The van der Waals surface area contributed by atoms with Crippen LogP contribution in [0.4, 0.5) is 26.1 Å². The van der Waals surface area contributed by atoms with Gasteiger partial charge in [0.1, 0.15) is 48.3 Å². The highest BCUT2D eigenvalue weighted by atomic mass is 19.1. The molecule has 5 saturated heterocycles. The third-order valence-corrected chi connectivity index (χ3v) is 22.4. The molecule has 7 amide bonds. The van der Waals surface area contributed by atoms with E-state index < -0.39 is 41.3 Å². The van der Waals surface area contributed by atoms with E-state index in [9.17, 15) is 33.6 Å². The Labute approximate surface area is 582 Å². The normalized spacial score (nSPS) is 24.5. The van der Waals surface area contributed by atoms with E-state index in [-0.39, 0.29) is 109 Å². The summed E-state index contributed by atoms with van der Waals surface area (Å²) in [6, 6.07) is 9.65. The first kappa shape index (κ1) is 73.1. The molecule has 542 valence electrons. The van der Waals surface area contributed by atoms with E-state index in [1.165, 1.54) is 24.0 Å². The number of carbonyl (C=O) groups excluding carboxylic acids is 7. The monoisotopic (exact) mass is 1380 g/mol. The maximum absolute atomic E-state index is 15.8. The van der Waals surface area contributed by atoms with Crippen molar-refractivity contribution in [2.24, 2.45) is 23.2 Å². The smallest absolute Gasteiger partial charge is 0.246 e. The molecule has 26 heteroatoms. The Hall–Kier alpha value is -7.13. The van der Waals surface area contributed by atoms with Crippen molar-refractivity contribution in [3.8, 4) is 0 Å². The number of piperidine rings is 2. The highest BCUT2D eigenvalue weighted by molar-refractivity contribution is 5.94. The molecule has 3 aromatic rings. The minimum Gasteiger partial charge on any atom is -0.378 e. The van der Waals surface area contributed by atoms with Crippen molar-refractivity contribution in [3.63, 3.8) is 0 Å². The summed E-state index contributed by atoms with van der Waals surface area (Å²) in [7, 11) is 1.69. The van der Waals surface area contributed by atoms with Crippen molar-refractivity contribution >= 4 is 58.7 Å². The first-order chi connectivity index (χ1) is 47.8. The van der Waals surface area contributed by atoms with Crippen LogP contribution in [0, 0.1) is 34.8 Å². The average molecular weight is 1380 g/mol. The van der Waals surface area contributed by atoms with Crippen LogP contribution in [0.25, 0.3) is 0 Å². The molecule has 1 aromatic heterocycles. The van der Waals surface area contributed by atoms with Crippen LogP contribution in [0.15, 0.2) is 48.8 Å². The van der Waals surface area contributed by atoms with Gasteiger partial charge in [-0.25, -0.2) is 18.7 Å². The lowest BCUT2D eigenvalue weighted by Crippen LogP contribution is -2.66. The number of halogens is 2. The number of aryl methyl sites for hydroxylation is 1. The van der Waals surface area contributed by atoms with Gasteiger partial charge < -0.3 is 71.6 Å². The molecule has 0 bridgehead atoms. The number of likely N-dealkylation sites (tertiary alicyclic amines) is 3. The van der Waals surface area contributed by atoms with Gasteiger partial charge in [-0.15, -0.1) is 0 Å². The molecule has 3 aliphatic carbocycles. The third-order valence-electron chi connectivity index (χ3n) is 22.4. The predicted molar refractivity (Wildman–Crippen MR) is 372 cm³/mol. The number of nitrogens with zero attached hydrogens (tertiary/aromatic N) is 7. The second kappa shape index (κ2) is 34.0. The average Bonchev–Trinajstić information content (AvgIpc) is 0.995. The molecular formula is C73H107F2N15O9. The van der Waals surface area contributed by atoms with E-state index in [1.807, 2.05) is 24.3 Å². The van der Waals surface area contributed by atoms with Gasteiger partial charge in [0.15, 0.2) is 0 Å². The lowest BCUT2D eigenvalue weighted by atomic mass is 9.82. The number of rotatable bonds is 29. The molecule has 6 heterocycles. The maximum Gasteiger partial charge on any atom is 0.246 e. The Morgan fingerprint density at radius 1 is 0.768 bits per heavy atom. The van der Waals surface area contributed by atoms with E-state index in [2.05, 4.69) is 87.1 Å². The molecule has 8 atom stereocenters. The Bertz CT molecular complexity index is 3270. The second-order valence-corrected chi connectivity index (χ2v) is 30.1. The fourth-order valence-electron chi connectivity index (χ4n) is 16.4. The molecular weight excluding hydrogens is 1270 g/mol. The molecule has 7 fully saturated rings. The van der Waals surface area contributed by atoms with Crippen molar-refractivity contribution < 1.29 is 51.8 Å². The molecule has 8 aliphatic rings. The molecule has 11 rings (SSSR count). The quantitative estimate of drug-likeness (QED) is 0.0431. The van der Waals surface area contributed by atoms with E-state index >= 15 is 8.78 Å². The van der Waals surface area contributed by atoms with Crippen LogP contribution < -0.4 is 52.3 Å². The summed E-state index contributed by atoms with van der Waals surface area (Å²) in [6.45, 7) is 14.7. The first-order valence-corrected chi connectivity index (χ1v) is 36.7. The number of hydrogen-bond donors (Lipinski definition) is 8. The number of anilines is 3. The summed E-state index contributed by atoms with van der Waals surface area (Å²) < 4.78 is 43.3.